The summed E-state index contributed by atoms with van der Waals surface area (Å²) in [5.41, 5.74) is 1.79. The summed E-state index contributed by atoms with van der Waals surface area (Å²) >= 11 is 0. The molecule has 0 bridgehead atoms. The maximum atomic E-state index is 7.16. The smallest absolute Gasteiger partial charge is 0.115 e. The first-order valence-corrected chi connectivity index (χ1v) is 6.22. The van der Waals surface area contributed by atoms with Crippen molar-refractivity contribution in [3.63, 3.8) is 0 Å². The van der Waals surface area contributed by atoms with Crippen LogP contribution in [-0.2, 0) is 4.74 Å². The van der Waals surface area contributed by atoms with E-state index in [9.17, 15) is 0 Å². The molecule has 1 fully saturated rings. The number of nitrogens with one attached hydrogen (secondary N) is 1. The zero-order chi connectivity index (χ0) is 12.0. The lowest BCUT2D eigenvalue weighted by atomic mass is 9.78. The average molecular weight is 219 g/mol. The Bertz CT molecular complexity index is 257. The fourth-order valence-corrected chi connectivity index (χ4v) is 2.47. The second-order valence-electron chi connectivity index (χ2n) is 4.70. The number of hydrogen-bond acceptors (Lipinski definition) is 2. The van der Waals surface area contributed by atoms with Crippen molar-refractivity contribution in [3.05, 3.63) is 11.0 Å². The normalized spacial score (nSPS) is 21.4. The molecule has 88 valence electrons. The maximum Gasteiger partial charge on any atom is 0.115 e. The van der Waals surface area contributed by atoms with Crippen molar-refractivity contribution in [1.82, 2.24) is 0 Å². The van der Waals surface area contributed by atoms with E-state index in [0.717, 1.165) is 31.1 Å². The SMILES string of the molecule is [B]C(C=N)=C(C)CC(CC)C1CCOCC1. The van der Waals surface area contributed by atoms with Crippen LogP contribution in [0.15, 0.2) is 11.0 Å². The predicted molar refractivity (Wildman–Crippen MR) is 69.2 cm³/mol. The first-order valence-electron chi connectivity index (χ1n) is 6.22. The van der Waals surface area contributed by atoms with Crippen molar-refractivity contribution in [3.8, 4) is 0 Å². The van der Waals surface area contributed by atoms with Crippen LogP contribution in [0.4, 0.5) is 0 Å². The Balaban J connectivity index is 2.57. The molecule has 1 rings (SSSR count). The van der Waals surface area contributed by atoms with Crippen LogP contribution in [0.2, 0.25) is 0 Å². The van der Waals surface area contributed by atoms with Crippen molar-refractivity contribution < 1.29 is 4.74 Å². The number of rotatable bonds is 5. The van der Waals surface area contributed by atoms with Crippen molar-refractivity contribution in [2.45, 2.75) is 39.5 Å². The molecule has 1 N–H and O–H groups in total. The molecule has 0 saturated carbocycles. The fraction of sp³-hybridized carbons (Fsp3) is 0.769. The summed E-state index contributed by atoms with van der Waals surface area (Å²) in [6.07, 6.45) is 5.83. The Morgan fingerprint density at radius 3 is 2.62 bits per heavy atom. The summed E-state index contributed by atoms with van der Waals surface area (Å²) in [6, 6.07) is 0. The molecule has 2 radical (unpaired) electrons. The molecule has 0 aromatic rings. The van der Waals surface area contributed by atoms with Crippen molar-refractivity contribution in [2.24, 2.45) is 11.8 Å². The molecule has 0 aromatic carbocycles. The van der Waals surface area contributed by atoms with E-state index in [1.807, 2.05) is 6.92 Å². The van der Waals surface area contributed by atoms with Crippen LogP contribution in [-0.4, -0.2) is 27.3 Å². The summed E-state index contributed by atoms with van der Waals surface area (Å²) in [6.45, 7) is 6.10. The minimum Gasteiger partial charge on any atom is -0.381 e. The predicted octanol–water partition coefficient (Wildman–Crippen LogP) is 2.92. The molecular formula is C13H22BNO. The second-order valence-corrected chi connectivity index (χ2v) is 4.70. The van der Waals surface area contributed by atoms with Crippen LogP contribution < -0.4 is 0 Å². The summed E-state index contributed by atoms with van der Waals surface area (Å²) in [5.74, 6) is 1.47. The molecule has 16 heavy (non-hydrogen) atoms. The molecule has 1 heterocycles. The van der Waals surface area contributed by atoms with Gasteiger partial charge in [-0.25, -0.2) is 0 Å². The monoisotopic (exact) mass is 219 g/mol. The summed E-state index contributed by atoms with van der Waals surface area (Å²) in [5, 5.41) is 7.16. The number of hydrogen-bond donors (Lipinski definition) is 1. The maximum absolute atomic E-state index is 7.16. The molecule has 0 aromatic heterocycles. The second kappa shape index (κ2) is 6.90. The molecule has 2 nitrogen and oxygen atoms in total. The lowest BCUT2D eigenvalue weighted by Crippen LogP contribution is -2.23. The highest BCUT2D eigenvalue weighted by molar-refractivity contribution is 6.32. The quantitative estimate of drug-likeness (QED) is 0.559. The van der Waals surface area contributed by atoms with Crippen molar-refractivity contribution >= 4 is 14.1 Å². The van der Waals surface area contributed by atoms with Gasteiger partial charge in [-0.2, -0.15) is 0 Å². The van der Waals surface area contributed by atoms with Crippen LogP contribution in [0.3, 0.4) is 0 Å². The molecular weight excluding hydrogens is 197 g/mol. The van der Waals surface area contributed by atoms with E-state index in [-0.39, 0.29) is 0 Å². The van der Waals surface area contributed by atoms with Gasteiger partial charge in [0.25, 0.3) is 0 Å². The van der Waals surface area contributed by atoms with Gasteiger partial charge in [0.2, 0.25) is 0 Å². The van der Waals surface area contributed by atoms with Crippen LogP contribution >= 0.6 is 0 Å². The standard InChI is InChI=1S/C13H22BNO/c1-3-11(8-10(2)13(14)9-15)12-4-6-16-7-5-12/h9,11-12,15H,3-8H2,1-2H3. The van der Waals surface area contributed by atoms with Crippen LogP contribution in [0.1, 0.15) is 39.5 Å². The van der Waals surface area contributed by atoms with E-state index < -0.39 is 0 Å². The van der Waals surface area contributed by atoms with Crippen molar-refractivity contribution in [1.29, 1.82) is 5.41 Å². The first-order chi connectivity index (χ1) is 7.69. The third-order valence-electron chi connectivity index (χ3n) is 3.67. The molecule has 1 unspecified atom stereocenters. The first kappa shape index (κ1) is 13.5. The van der Waals surface area contributed by atoms with E-state index in [1.54, 1.807) is 0 Å². The summed E-state index contributed by atoms with van der Waals surface area (Å²) < 4.78 is 5.40. The highest BCUT2D eigenvalue weighted by atomic mass is 16.5. The molecule has 0 aliphatic carbocycles. The topological polar surface area (TPSA) is 33.1 Å². The molecule has 0 spiro atoms. The van der Waals surface area contributed by atoms with Gasteiger partial charge in [0.1, 0.15) is 7.85 Å². The van der Waals surface area contributed by atoms with Crippen LogP contribution in [0.25, 0.3) is 0 Å². The van der Waals surface area contributed by atoms with Gasteiger partial charge in [-0.05, 0) is 38.0 Å². The number of allylic oxidation sites excluding steroid dienone is 2. The Hall–Kier alpha value is -0.565. The Labute approximate surface area is 100 Å². The molecule has 1 aliphatic heterocycles. The largest absolute Gasteiger partial charge is 0.381 e. The van der Waals surface area contributed by atoms with Gasteiger partial charge in [-0.15, -0.1) is 0 Å². The minimum absolute atomic E-state index is 0.630. The third kappa shape index (κ3) is 3.78. The molecule has 3 heteroatoms. The Morgan fingerprint density at radius 1 is 1.50 bits per heavy atom. The van der Waals surface area contributed by atoms with Crippen LogP contribution in [0.5, 0.6) is 0 Å². The van der Waals surface area contributed by atoms with E-state index >= 15 is 0 Å². The van der Waals surface area contributed by atoms with Gasteiger partial charge in [-0.3, -0.25) is 0 Å². The van der Waals surface area contributed by atoms with E-state index in [0.29, 0.717) is 11.4 Å². The average Bonchev–Trinajstić information content (AvgIpc) is 2.35. The molecule has 0 amide bonds. The Morgan fingerprint density at radius 2 is 2.12 bits per heavy atom. The van der Waals surface area contributed by atoms with Gasteiger partial charge in [-0.1, -0.05) is 24.4 Å². The lowest BCUT2D eigenvalue weighted by molar-refractivity contribution is 0.0458. The lowest BCUT2D eigenvalue weighted by Gasteiger charge is -2.30. The van der Waals surface area contributed by atoms with E-state index in [2.05, 4.69) is 6.92 Å². The van der Waals surface area contributed by atoms with Gasteiger partial charge in [0.15, 0.2) is 0 Å². The van der Waals surface area contributed by atoms with Gasteiger partial charge < -0.3 is 10.1 Å². The Kier molecular flexibility index (Phi) is 5.82. The van der Waals surface area contributed by atoms with Crippen LogP contribution in [0, 0.1) is 17.2 Å². The number of ether oxygens (including phenoxy) is 1. The zero-order valence-electron chi connectivity index (χ0n) is 10.5. The third-order valence-corrected chi connectivity index (χ3v) is 3.67. The minimum atomic E-state index is 0.630. The van der Waals surface area contributed by atoms with E-state index in [1.165, 1.54) is 25.5 Å². The molecule has 1 saturated heterocycles. The highest BCUT2D eigenvalue weighted by Gasteiger charge is 2.22. The van der Waals surface area contributed by atoms with Gasteiger partial charge >= 0.3 is 0 Å². The molecule has 1 atom stereocenters. The van der Waals surface area contributed by atoms with Gasteiger partial charge in [0, 0.05) is 19.4 Å². The highest BCUT2D eigenvalue weighted by Crippen LogP contribution is 2.31. The van der Waals surface area contributed by atoms with Gasteiger partial charge in [0.05, 0.1) is 0 Å². The fourth-order valence-electron chi connectivity index (χ4n) is 2.47. The zero-order valence-corrected chi connectivity index (χ0v) is 10.5. The summed E-state index contributed by atoms with van der Waals surface area (Å²) in [4.78, 5) is 0. The molecule has 1 aliphatic rings. The van der Waals surface area contributed by atoms with Crippen molar-refractivity contribution in [2.75, 3.05) is 13.2 Å². The summed E-state index contributed by atoms with van der Waals surface area (Å²) in [7, 11) is 5.76. The van der Waals surface area contributed by atoms with E-state index in [4.69, 9.17) is 18.0 Å².